The molecule has 7 heteroatoms. The molecule has 0 bridgehead atoms. The fourth-order valence-electron chi connectivity index (χ4n) is 2.38. The standard InChI is InChI=1S/C12H19NO4S2/c1-9-12(5-11(7-14)18-9)19(15,16)13-4-3-10(6-13)8-17-2/h5,10,14H,3-4,6-8H2,1-2H3. The summed E-state index contributed by atoms with van der Waals surface area (Å²) >= 11 is 1.33. The van der Waals surface area contributed by atoms with Gasteiger partial charge in [0.25, 0.3) is 0 Å². The summed E-state index contributed by atoms with van der Waals surface area (Å²) in [6.07, 6.45) is 0.836. The zero-order valence-corrected chi connectivity index (χ0v) is 12.8. The number of aryl methyl sites for hydroxylation is 1. The maximum Gasteiger partial charge on any atom is 0.244 e. The minimum absolute atomic E-state index is 0.118. The van der Waals surface area contributed by atoms with Crippen LogP contribution in [0.1, 0.15) is 16.2 Å². The largest absolute Gasteiger partial charge is 0.391 e. The molecule has 0 aliphatic carbocycles. The van der Waals surface area contributed by atoms with Crippen molar-refractivity contribution in [3.63, 3.8) is 0 Å². The van der Waals surface area contributed by atoms with E-state index in [1.807, 2.05) is 0 Å². The number of hydrogen-bond donors (Lipinski definition) is 1. The smallest absolute Gasteiger partial charge is 0.244 e. The summed E-state index contributed by atoms with van der Waals surface area (Å²) in [7, 11) is -1.80. The lowest BCUT2D eigenvalue weighted by Gasteiger charge is -2.16. The fraction of sp³-hybridized carbons (Fsp3) is 0.667. The monoisotopic (exact) mass is 305 g/mol. The Bertz CT molecular complexity index is 538. The summed E-state index contributed by atoms with van der Waals surface area (Å²) in [4.78, 5) is 1.75. The van der Waals surface area contributed by atoms with Crippen LogP contribution in [0.2, 0.25) is 0 Å². The average Bonchev–Trinajstić information content (AvgIpc) is 2.96. The van der Waals surface area contributed by atoms with Gasteiger partial charge in [-0.3, -0.25) is 0 Å². The van der Waals surface area contributed by atoms with Crippen molar-refractivity contribution in [2.75, 3.05) is 26.8 Å². The molecule has 2 rings (SSSR count). The highest BCUT2D eigenvalue weighted by molar-refractivity contribution is 7.89. The number of rotatable bonds is 5. The van der Waals surface area contributed by atoms with Crippen molar-refractivity contribution < 1.29 is 18.3 Å². The minimum atomic E-state index is -3.43. The van der Waals surface area contributed by atoms with Crippen molar-refractivity contribution in [1.29, 1.82) is 0 Å². The highest BCUT2D eigenvalue weighted by Crippen LogP contribution is 2.31. The first-order valence-electron chi connectivity index (χ1n) is 6.18. The Morgan fingerprint density at radius 2 is 2.32 bits per heavy atom. The molecular formula is C12H19NO4S2. The van der Waals surface area contributed by atoms with Crippen LogP contribution in [0.3, 0.4) is 0 Å². The Morgan fingerprint density at radius 1 is 1.58 bits per heavy atom. The van der Waals surface area contributed by atoms with Gasteiger partial charge in [0.05, 0.1) is 18.1 Å². The topological polar surface area (TPSA) is 66.8 Å². The third-order valence-corrected chi connectivity index (χ3v) is 6.50. The third-order valence-electron chi connectivity index (χ3n) is 3.35. The molecule has 1 aromatic heterocycles. The van der Waals surface area contributed by atoms with Crippen LogP contribution in [0.4, 0.5) is 0 Å². The maximum atomic E-state index is 12.5. The van der Waals surface area contributed by atoms with E-state index in [0.29, 0.717) is 29.5 Å². The molecule has 0 saturated carbocycles. The minimum Gasteiger partial charge on any atom is -0.391 e. The predicted octanol–water partition coefficient (Wildman–Crippen LogP) is 1.21. The molecule has 1 fully saturated rings. The van der Waals surface area contributed by atoms with Gasteiger partial charge in [0.1, 0.15) is 0 Å². The van der Waals surface area contributed by atoms with Crippen molar-refractivity contribution >= 4 is 21.4 Å². The summed E-state index contributed by atoms with van der Waals surface area (Å²) in [6, 6.07) is 1.58. The summed E-state index contributed by atoms with van der Waals surface area (Å²) in [6.45, 7) is 3.31. The first-order valence-corrected chi connectivity index (χ1v) is 8.44. The SMILES string of the molecule is COCC1CCN(S(=O)(=O)c2cc(CO)sc2C)C1. The Kier molecular flexibility index (Phi) is 4.62. The second-order valence-corrected chi connectivity index (χ2v) is 8.01. The summed E-state index contributed by atoms with van der Waals surface area (Å²) in [5, 5.41) is 9.10. The van der Waals surface area contributed by atoms with Gasteiger partial charge in [0, 0.05) is 30.0 Å². The van der Waals surface area contributed by atoms with Crippen molar-refractivity contribution in [3.05, 3.63) is 15.8 Å². The van der Waals surface area contributed by atoms with Crippen molar-refractivity contribution in [2.24, 2.45) is 5.92 Å². The Hall–Kier alpha value is -0.470. The lowest BCUT2D eigenvalue weighted by Crippen LogP contribution is -2.29. The molecule has 5 nitrogen and oxygen atoms in total. The van der Waals surface area contributed by atoms with Crippen LogP contribution >= 0.6 is 11.3 Å². The highest BCUT2D eigenvalue weighted by Gasteiger charge is 2.34. The van der Waals surface area contributed by atoms with Crippen LogP contribution in [-0.4, -0.2) is 44.6 Å². The number of hydrogen-bond acceptors (Lipinski definition) is 5. The highest BCUT2D eigenvalue weighted by atomic mass is 32.2. The maximum absolute atomic E-state index is 12.5. The van der Waals surface area contributed by atoms with E-state index in [0.717, 1.165) is 11.3 Å². The fourth-order valence-corrected chi connectivity index (χ4v) is 5.38. The van der Waals surface area contributed by atoms with E-state index >= 15 is 0 Å². The van der Waals surface area contributed by atoms with Gasteiger partial charge in [0.2, 0.25) is 10.0 Å². The van der Waals surface area contributed by atoms with Crippen LogP contribution in [-0.2, 0) is 21.4 Å². The molecule has 1 atom stereocenters. The molecule has 1 saturated heterocycles. The van der Waals surface area contributed by atoms with Crippen LogP contribution in [0.25, 0.3) is 0 Å². The molecule has 1 aliphatic heterocycles. The van der Waals surface area contributed by atoms with Gasteiger partial charge >= 0.3 is 0 Å². The van der Waals surface area contributed by atoms with Crippen LogP contribution in [0.15, 0.2) is 11.0 Å². The molecule has 19 heavy (non-hydrogen) atoms. The first-order chi connectivity index (χ1) is 8.98. The molecule has 1 aliphatic rings. The molecule has 2 heterocycles. The van der Waals surface area contributed by atoms with E-state index in [1.54, 1.807) is 20.1 Å². The number of aliphatic hydroxyl groups excluding tert-OH is 1. The zero-order chi connectivity index (χ0) is 14.0. The van der Waals surface area contributed by atoms with Crippen LogP contribution < -0.4 is 0 Å². The van der Waals surface area contributed by atoms with Crippen molar-refractivity contribution in [2.45, 2.75) is 24.8 Å². The molecule has 1 unspecified atom stereocenters. The summed E-state index contributed by atoms with van der Waals surface area (Å²) in [5.41, 5.74) is 0. The van der Waals surface area contributed by atoms with E-state index in [1.165, 1.54) is 15.6 Å². The zero-order valence-electron chi connectivity index (χ0n) is 11.1. The van der Waals surface area contributed by atoms with Gasteiger partial charge < -0.3 is 9.84 Å². The molecule has 1 N–H and O–H groups in total. The number of aliphatic hydroxyl groups is 1. The number of thiophene rings is 1. The quantitative estimate of drug-likeness (QED) is 0.888. The molecule has 1 aromatic rings. The van der Waals surface area contributed by atoms with Crippen molar-refractivity contribution in [3.8, 4) is 0 Å². The predicted molar refractivity (Wildman–Crippen MR) is 73.7 cm³/mol. The van der Waals surface area contributed by atoms with E-state index < -0.39 is 10.0 Å². The number of sulfonamides is 1. The van der Waals surface area contributed by atoms with Crippen molar-refractivity contribution in [1.82, 2.24) is 4.31 Å². The molecule has 0 spiro atoms. The number of methoxy groups -OCH3 is 1. The Morgan fingerprint density at radius 3 is 2.89 bits per heavy atom. The van der Waals surface area contributed by atoms with Gasteiger partial charge in [-0.1, -0.05) is 0 Å². The summed E-state index contributed by atoms with van der Waals surface area (Å²) < 4.78 is 31.7. The van der Waals surface area contributed by atoms with E-state index in [-0.39, 0.29) is 12.5 Å². The Balaban J connectivity index is 2.21. The van der Waals surface area contributed by atoms with Gasteiger partial charge in [-0.05, 0) is 25.3 Å². The first kappa shape index (κ1) is 14.9. The molecule has 0 aromatic carbocycles. The van der Waals surface area contributed by atoms with Gasteiger partial charge in [0.15, 0.2) is 0 Å². The lowest BCUT2D eigenvalue weighted by molar-refractivity contribution is 0.157. The Labute approximate surface area is 117 Å². The van der Waals surface area contributed by atoms with Crippen LogP contribution in [0.5, 0.6) is 0 Å². The van der Waals surface area contributed by atoms with Crippen LogP contribution in [0, 0.1) is 12.8 Å². The molecule has 108 valence electrons. The average molecular weight is 305 g/mol. The summed E-state index contributed by atoms with van der Waals surface area (Å²) in [5.74, 6) is 0.274. The molecule has 0 amide bonds. The van der Waals surface area contributed by atoms with E-state index in [4.69, 9.17) is 9.84 Å². The van der Waals surface area contributed by atoms with Gasteiger partial charge in [-0.2, -0.15) is 4.31 Å². The normalized spacial score (nSPS) is 21.1. The van der Waals surface area contributed by atoms with Gasteiger partial charge in [-0.15, -0.1) is 11.3 Å². The van der Waals surface area contributed by atoms with Gasteiger partial charge in [-0.25, -0.2) is 8.42 Å². The van der Waals surface area contributed by atoms with E-state index in [2.05, 4.69) is 0 Å². The third kappa shape index (κ3) is 3.00. The number of nitrogens with zero attached hydrogens (tertiary/aromatic N) is 1. The second-order valence-electron chi connectivity index (χ2n) is 4.76. The van der Waals surface area contributed by atoms with E-state index in [9.17, 15) is 8.42 Å². The molecule has 0 radical (unpaired) electrons. The molecular weight excluding hydrogens is 286 g/mol. The second kappa shape index (κ2) is 5.88. The number of ether oxygens (including phenoxy) is 1. The lowest BCUT2D eigenvalue weighted by atomic mass is 10.1.